The lowest BCUT2D eigenvalue weighted by atomic mass is 10.0. The molecule has 0 saturated carbocycles. The number of hydrogen-bond donors (Lipinski definition) is 1. The molecule has 2 rings (SSSR count). The Hall–Kier alpha value is -3.68. The molecule has 2 aromatic carbocycles. The molecule has 0 aromatic heterocycles. The van der Waals surface area contributed by atoms with E-state index in [9.17, 15) is 19.2 Å². The van der Waals surface area contributed by atoms with E-state index >= 15 is 0 Å². The van der Waals surface area contributed by atoms with Crippen molar-refractivity contribution in [1.29, 1.82) is 0 Å². The van der Waals surface area contributed by atoms with E-state index < -0.39 is 36.9 Å². The average Bonchev–Trinajstić information content (AvgIpc) is 2.71. The second-order valence-corrected chi connectivity index (χ2v) is 7.38. The molecule has 1 amide bonds. The van der Waals surface area contributed by atoms with Gasteiger partial charge in [-0.25, -0.2) is 9.59 Å². The highest BCUT2D eigenvalue weighted by Gasteiger charge is 2.30. The molecule has 0 atom stereocenters. The summed E-state index contributed by atoms with van der Waals surface area (Å²) >= 11 is 0. The van der Waals surface area contributed by atoms with Crippen LogP contribution in [-0.2, 0) is 14.3 Å². The maximum absolute atomic E-state index is 12.4. The van der Waals surface area contributed by atoms with Crippen LogP contribution in [0.2, 0.25) is 0 Å². The number of esters is 1. The number of nitrogens with zero attached hydrogens (tertiary/aromatic N) is 1. The van der Waals surface area contributed by atoms with Crippen LogP contribution in [0, 0.1) is 0 Å². The maximum Gasteiger partial charge on any atom is 0.413 e. The molecule has 158 valence electrons. The fraction of sp³-hybridized carbons (Fsp3) is 0.273. The summed E-state index contributed by atoms with van der Waals surface area (Å²) in [5, 5.41) is 8.93. The number of ketones is 1. The minimum absolute atomic E-state index is 0.175. The fourth-order valence-corrected chi connectivity index (χ4v) is 2.52. The van der Waals surface area contributed by atoms with Crippen LogP contribution in [0.4, 0.5) is 4.79 Å². The van der Waals surface area contributed by atoms with Crippen LogP contribution in [-0.4, -0.2) is 52.7 Å². The van der Waals surface area contributed by atoms with E-state index in [1.54, 1.807) is 45.0 Å². The Labute approximate surface area is 174 Å². The minimum atomic E-state index is -1.19. The number of benzene rings is 2. The van der Waals surface area contributed by atoms with Crippen molar-refractivity contribution >= 4 is 23.8 Å². The van der Waals surface area contributed by atoms with Crippen molar-refractivity contribution < 1.29 is 33.8 Å². The molecule has 30 heavy (non-hydrogen) atoms. The van der Waals surface area contributed by atoms with E-state index in [-0.39, 0.29) is 11.3 Å². The van der Waals surface area contributed by atoms with Crippen LogP contribution in [0.1, 0.15) is 47.1 Å². The van der Waals surface area contributed by atoms with Gasteiger partial charge in [-0.1, -0.05) is 42.5 Å². The summed E-state index contributed by atoms with van der Waals surface area (Å²) < 4.78 is 9.78. The summed E-state index contributed by atoms with van der Waals surface area (Å²) in [7, 11) is 0. The molecule has 0 radical (unpaired) electrons. The molecule has 0 bridgehead atoms. The molecular weight excluding hydrogens is 390 g/mol. The van der Waals surface area contributed by atoms with Crippen molar-refractivity contribution in [2.75, 3.05) is 13.3 Å². The first kappa shape index (κ1) is 22.6. The third-order valence-corrected chi connectivity index (χ3v) is 4.11. The maximum atomic E-state index is 12.4. The monoisotopic (exact) mass is 413 g/mol. The van der Waals surface area contributed by atoms with Gasteiger partial charge in [-0.2, -0.15) is 0 Å². The van der Waals surface area contributed by atoms with Crippen molar-refractivity contribution in [2.24, 2.45) is 0 Å². The number of rotatable bonds is 7. The molecule has 8 nitrogen and oxygen atoms in total. The molecule has 2 aromatic rings. The molecule has 0 heterocycles. The molecule has 0 unspecified atom stereocenters. The van der Waals surface area contributed by atoms with E-state index in [1.165, 1.54) is 24.3 Å². The van der Waals surface area contributed by atoms with Gasteiger partial charge in [-0.15, -0.1) is 0 Å². The minimum Gasteiger partial charge on any atom is -0.480 e. The molecule has 0 fully saturated rings. The highest BCUT2D eigenvalue weighted by Crippen LogP contribution is 2.15. The van der Waals surface area contributed by atoms with Crippen LogP contribution >= 0.6 is 0 Å². The largest absolute Gasteiger partial charge is 0.480 e. The van der Waals surface area contributed by atoms with Gasteiger partial charge in [0.25, 0.3) is 0 Å². The third kappa shape index (κ3) is 6.16. The normalized spacial score (nSPS) is 10.8. The quantitative estimate of drug-likeness (QED) is 0.421. The zero-order chi connectivity index (χ0) is 22.3. The Morgan fingerprint density at radius 2 is 1.37 bits per heavy atom. The van der Waals surface area contributed by atoms with Gasteiger partial charge in [0.2, 0.25) is 6.79 Å². The first-order valence-corrected chi connectivity index (χ1v) is 9.12. The van der Waals surface area contributed by atoms with Gasteiger partial charge in [0.1, 0.15) is 6.54 Å². The first-order valence-electron chi connectivity index (χ1n) is 9.12. The Kier molecular flexibility index (Phi) is 7.30. The number of carboxylic acid groups (broad SMARTS) is 1. The Balaban J connectivity index is 1.93. The van der Waals surface area contributed by atoms with Gasteiger partial charge >= 0.3 is 18.0 Å². The lowest BCUT2D eigenvalue weighted by Gasteiger charge is -2.33. The van der Waals surface area contributed by atoms with Crippen LogP contribution in [0.5, 0.6) is 0 Å². The van der Waals surface area contributed by atoms with Crippen LogP contribution in [0.3, 0.4) is 0 Å². The summed E-state index contributed by atoms with van der Waals surface area (Å²) in [5.41, 5.74) is 0.331. The number of amides is 1. The number of carbonyl (C=O) groups excluding carboxylic acids is 3. The van der Waals surface area contributed by atoms with Crippen LogP contribution in [0.15, 0.2) is 54.6 Å². The number of carboxylic acids is 1. The Morgan fingerprint density at radius 3 is 1.90 bits per heavy atom. The predicted octanol–water partition coefficient (Wildman–Crippen LogP) is 3.35. The summed E-state index contributed by atoms with van der Waals surface area (Å²) in [5.74, 6) is -2.11. The number of carbonyl (C=O) groups is 4. The third-order valence-electron chi connectivity index (χ3n) is 4.11. The number of aliphatic carboxylic acids is 1. The van der Waals surface area contributed by atoms with Gasteiger partial charge < -0.3 is 14.6 Å². The molecule has 0 aliphatic carbocycles. The van der Waals surface area contributed by atoms with Crippen LogP contribution in [0.25, 0.3) is 0 Å². The van der Waals surface area contributed by atoms with Gasteiger partial charge in [0.05, 0.1) is 5.56 Å². The standard InChI is InChI=1S/C22H23NO7/c1-22(2,3)23(13-18(24)25)21(28)30-14-29-20(27)17-11-9-16(10-12-17)19(26)15-7-5-4-6-8-15/h4-12H,13-14H2,1-3H3,(H,24,25). The highest BCUT2D eigenvalue weighted by molar-refractivity contribution is 6.09. The van der Waals surface area contributed by atoms with Crippen molar-refractivity contribution in [2.45, 2.75) is 26.3 Å². The van der Waals surface area contributed by atoms with Crippen LogP contribution < -0.4 is 0 Å². The fourth-order valence-electron chi connectivity index (χ4n) is 2.52. The molecule has 0 aliphatic rings. The van der Waals surface area contributed by atoms with E-state index in [4.69, 9.17) is 14.6 Å². The van der Waals surface area contributed by atoms with Gasteiger partial charge in [0.15, 0.2) is 5.78 Å². The lowest BCUT2D eigenvalue weighted by molar-refractivity contribution is -0.139. The summed E-state index contributed by atoms with van der Waals surface area (Å²) in [6.45, 7) is 3.74. The Morgan fingerprint density at radius 1 is 0.833 bits per heavy atom. The Bertz CT molecular complexity index is 915. The van der Waals surface area contributed by atoms with Crippen molar-refractivity contribution in [1.82, 2.24) is 4.90 Å². The SMILES string of the molecule is CC(C)(C)N(CC(=O)O)C(=O)OCOC(=O)c1ccc(C(=O)c2ccccc2)cc1. The van der Waals surface area contributed by atoms with Gasteiger partial charge in [0, 0.05) is 16.7 Å². The average molecular weight is 413 g/mol. The van der Waals surface area contributed by atoms with Crippen molar-refractivity contribution in [3.63, 3.8) is 0 Å². The lowest BCUT2D eigenvalue weighted by Crippen LogP contribution is -2.48. The number of hydrogen-bond acceptors (Lipinski definition) is 6. The zero-order valence-corrected chi connectivity index (χ0v) is 17.0. The molecule has 0 spiro atoms. The van der Waals surface area contributed by atoms with Crippen molar-refractivity contribution in [3.05, 3.63) is 71.3 Å². The first-order chi connectivity index (χ1) is 14.1. The molecule has 1 N–H and O–H groups in total. The molecule has 0 saturated heterocycles. The smallest absolute Gasteiger partial charge is 0.413 e. The van der Waals surface area contributed by atoms with E-state index in [1.807, 2.05) is 6.07 Å². The summed E-state index contributed by atoms with van der Waals surface area (Å²) in [6.07, 6.45) is -0.915. The zero-order valence-electron chi connectivity index (χ0n) is 17.0. The predicted molar refractivity (Wildman–Crippen MR) is 107 cm³/mol. The van der Waals surface area contributed by atoms with Gasteiger partial charge in [-0.3, -0.25) is 14.5 Å². The van der Waals surface area contributed by atoms with E-state index in [0.717, 1.165) is 4.90 Å². The molecule has 0 aliphatic heterocycles. The van der Waals surface area contributed by atoms with Crippen molar-refractivity contribution in [3.8, 4) is 0 Å². The second kappa shape index (κ2) is 9.69. The highest BCUT2D eigenvalue weighted by atomic mass is 16.7. The molecule has 8 heteroatoms. The second-order valence-electron chi connectivity index (χ2n) is 7.38. The van der Waals surface area contributed by atoms with E-state index in [0.29, 0.717) is 11.1 Å². The topological polar surface area (TPSA) is 110 Å². The van der Waals surface area contributed by atoms with Gasteiger partial charge in [-0.05, 0) is 32.9 Å². The summed E-state index contributed by atoms with van der Waals surface area (Å²) in [6, 6.07) is 14.6. The molecular formula is C22H23NO7. The number of ether oxygens (including phenoxy) is 2. The summed E-state index contributed by atoms with van der Waals surface area (Å²) in [4.78, 5) is 48.5. The van der Waals surface area contributed by atoms with E-state index in [2.05, 4.69) is 0 Å².